The first kappa shape index (κ1) is 12.5. The first-order chi connectivity index (χ1) is 7.96. The van der Waals surface area contributed by atoms with Crippen LogP contribution in [0, 0.1) is 12.8 Å². The number of rotatable bonds is 3. The number of nitrogens with zero attached hydrogens (tertiary/aromatic N) is 2. The van der Waals surface area contributed by atoms with Gasteiger partial charge in [0.1, 0.15) is 0 Å². The minimum atomic E-state index is -3.56. The van der Waals surface area contributed by atoms with Crippen molar-refractivity contribution in [1.82, 2.24) is 14.5 Å². The van der Waals surface area contributed by atoms with Crippen LogP contribution in [0.4, 0.5) is 0 Å². The van der Waals surface area contributed by atoms with Crippen LogP contribution in [0.25, 0.3) is 0 Å². The number of aliphatic hydroxyl groups excluding tert-OH is 1. The lowest BCUT2D eigenvalue weighted by Crippen LogP contribution is -2.29. The maximum Gasteiger partial charge on any atom is 0.262 e. The van der Waals surface area contributed by atoms with E-state index >= 15 is 0 Å². The average molecular weight is 259 g/mol. The Morgan fingerprint density at radius 1 is 1.59 bits per heavy atom. The number of aromatic nitrogens is 2. The predicted octanol–water partition coefficient (Wildman–Crippen LogP) is 0.241. The predicted molar refractivity (Wildman–Crippen MR) is 61.8 cm³/mol. The van der Waals surface area contributed by atoms with Crippen LogP contribution in [0.5, 0.6) is 0 Å². The molecule has 0 amide bonds. The van der Waals surface area contributed by atoms with Gasteiger partial charge in [-0.15, -0.1) is 0 Å². The molecule has 7 heteroatoms. The Hall–Kier alpha value is -0.920. The molecule has 1 aliphatic heterocycles. The lowest BCUT2D eigenvalue weighted by atomic mass is 10.2. The van der Waals surface area contributed by atoms with Crippen LogP contribution in [0.3, 0.4) is 0 Å². The highest BCUT2D eigenvalue weighted by Crippen LogP contribution is 2.25. The summed E-state index contributed by atoms with van der Waals surface area (Å²) in [4.78, 5) is 0. The maximum atomic E-state index is 12.3. The monoisotopic (exact) mass is 259 g/mol. The molecule has 0 aromatic carbocycles. The molecular weight excluding hydrogens is 242 g/mol. The van der Waals surface area contributed by atoms with E-state index in [1.165, 1.54) is 4.31 Å². The Morgan fingerprint density at radius 3 is 2.82 bits per heavy atom. The molecule has 0 spiro atoms. The van der Waals surface area contributed by atoms with E-state index in [0.717, 1.165) is 6.42 Å². The smallest absolute Gasteiger partial charge is 0.262 e. The lowest BCUT2D eigenvalue weighted by Gasteiger charge is -2.14. The van der Waals surface area contributed by atoms with Crippen LogP contribution in [-0.4, -0.2) is 41.1 Å². The first-order valence-electron chi connectivity index (χ1n) is 5.61. The number of aliphatic hydroxyl groups is 1. The van der Waals surface area contributed by atoms with Gasteiger partial charge in [-0.2, -0.15) is 9.40 Å². The standard InChI is InChI=1S/C10H17N3O3S/c1-7-3-4-13(5-7)17(15,16)10-9(6-14)8(2)11-12-10/h7,14H,3-6H2,1-2H3,(H,11,12). The van der Waals surface area contributed by atoms with E-state index in [2.05, 4.69) is 10.2 Å². The quantitative estimate of drug-likeness (QED) is 0.814. The number of aromatic amines is 1. The summed E-state index contributed by atoms with van der Waals surface area (Å²) in [5.74, 6) is 0.377. The van der Waals surface area contributed by atoms with Crippen molar-refractivity contribution in [3.63, 3.8) is 0 Å². The van der Waals surface area contributed by atoms with Gasteiger partial charge >= 0.3 is 0 Å². The molecule has 2 rings (SSSR count). The maximum absolute atomic E-state index is 12.3. The Bertz CT molecular complexity index is 509. The number of nitrogens with one attached hydrogen (secondary N) is 1. The van der Waals surface area contributed by atoms with Gasteiger partial charge in [0, 0.05) is 24.3 Å². The van der Waals surface area contributed by atoms with Gasteiger partial charge in [-0.1, -0.05) is 6.92 Å². The van der Waals surface area contributed by atoms with Crippen molar-refractivity contribution in [2.24, 2.45) is 5.92 Å². The van der Waals surface area contributed by atoms with Crippen LogP contribution >= 0.6 is 0 Å². The van der Waals surface area contributed by atoms with Gasteiger partial charge in [0.2, 0.25) is 0 Å². The second kappa shape index (κ2) is 4.40. The van der Waals surface area contributed by atoms with Gasteiger partial charge < -0.3 is 5.11 Å². The summed E-state index contributed by atoms with van der Waals surface area (Å²) in [7, 11) is -3.56. The first-order valence-corrected chi connectivity index (χ1v) is 7.05. The summed E-state index contributed by atoms with van der Waals surface area (Å²) in [5, 5.41) is 15.6. The topological polar surface area (TPSA) is 86.3 Å². The summed E-state index contributed by atoms with van der Waals surface area (Å²) < 4.78 is 26.0. The summed E-state index contributed by atoms with van der Waals surface area (Å²) in [6, 6.07) is 0. The molecule has 1 aromatic rings. The number of hydrogen-bond donors (Lipinski definition) is 2. The fraction of sp³-hybridized carbons (Fsp3) is 0.700. The molecule has 1 aliphatic rings. The van der Waals surface area contributed by atoms with E-state index in [4.69, 9.17) is 0 Å². The summed E-state index contributed by atoms with van der Waals surface area (Å²) in [6.07, 6.45) is 0.872. The van der Waals surface area contributed by atoms with Gasteiger partial charge in [-0.3, -0.25) is 5.10 Å². The van der Waals surface area contributed by atoms with Crippen molar-refractivity contribution in [1.29, 1.82) is 0 Å². The molecule has 0 radical (unpaired) electrons. The van der Waals surface area contributed by atoms with Crippen LogP contribution in [-0.2, 0) is 16.6 Å². The van der Waals surface area contributed by atoms with E-state index in [0.29, 0.717) is 30.3 Å². The zero-order valence-electron chi connectivity index (χ0n) is 9.97. The van der Waals surface area contributed by atoms with Crippen molar-refractivity contribution in [2.45, 2.75) is 31.9 Å². The fourth-order valence-corrected chi connectivity index (χ4v) is 3.80. The van der Waals surface area contributed by atoms with Gasteiger partial charge in [-0.25, -0.2) is 8.42 Å². The Labute approximate surface area is 101 Å². The van der Waals surface area contributed by atoms with Gasteiger partial charge in [0.15, 0.2) is 5.03 Å². The highest BCUT2D eigenvalue weighted by atomic mass is 32.2. The van der Waals surface area contributed by atoms with Crippen molar-refractivity contribution < 1.29 is 13.5 Å². The Balaban J connectivity index is 2.38. The second-order valence-corrected chi connectivity index (χ2v) is 6.40. The van der Waals surface area contributed by atoms with Crippen molar-refractivity contribution in [2.75, 3.05) is 13.1 Å². The molecule has 96 valence electrons. The van der Waals surface area contributed by atoms with E-state index in [1.807, 2.05) is 6.92 Å². The zero-order chi connectivity index (χ0) is 12.6. The molecule has 1 atom stereocenters. The molecule has 0 aliphatic carbocycles. The number of hydrogen-bond acceptors (Lipinski definition) is 4. The number of aryl methyl sites for hydroxylation is 1. The van der Waals surface area contributed by atoms with E-state index in [9.17, 15) is 13.5 Å². The highest BCUT2D eigenvalue weighted by molar-refractivity contribution is 7.89. The Kier molecular flexibility index (Phi) is 3.24. The molecule has 2 heterocycles. The van der Waals surface area contributed by atoms with E-state index in [1.54, 1.807) is 6.92 Å². The van der Waals surface area contributed by atoms with Crippen LogP contribution in [0.15, 0.2) is 5.03 Å². The SMILES string of the molecule is Cc1[nH]nc(S(=O)(=O)N2CCC(C)C2)c1CO. The highest BCUT2D eigenvalue weighted by Gasteiger charge is 2.34. The minimum absolute atomic E-state index is 0.0356. The van der Waals surface area contributed by atoms with Crippen molar-refractivity contribution >= 4 is 10.0 Å². The average Bonchev–Trinajstić information content (AvgIpc) is 2.84. The third kappa shape index (κ3) is 2.10. The third-order valence-corrected chi connectivity index (χ3v) is 5.00. The molecule has 0 saturated carbocycles. The van der Waals surface area contributed by atoms with E-state index < -0.39 is 10.0 Å². The van der Waals surface area contributed by atoms with Gasteiger partial charge in [0.05, 0.1) is 6.61 Å². The van der Waals surface area contributed by atoms with Crippen LogP contribution in [0.2, 0.25) is 0 Å². The number of H-pyrrole nitrogens is 1. The third-order valence-electron chi connectivity index (χ3n) is 3.16. The van der Waals surface area contributed by atoms with Gasteiger partial charge in [-0.05, 0) is 19.3 Å². The van der Waals surface area contributed by atoms with Crippen LogP contribution < -0.4 is 0 Å². The van der Waals surface area contributed by atoms with Gasteiger partial charge in [0.25, 0.3) is 10.0 Å². The number of sulfonamides is 1. The van der Waals surface area contributed by atoms with Crippen molar-refractivity contribution in [3.05, 3.63) is 11.3 Å². The molecule has 2 N–H and O–H groups in total. The largest absolute Gasteiger partial charge is 0.392 e. The zero-order valence-corrected chi connectivity index (χ0v) is 10.8. The molecule has 1 aromatic heterocycles. The normalized spacial score (nSPS) is 22.2. The van der Waals surface area contributed by atoms with E-state index in [-0.39, 0.29) is 11.6 Å². The van der Waals surface area contributed by atoms with Crippen LogP contribution in [0.1, 0.15) is 24.6 Å². The summed E-state index contributed by atoms with van der Waals surface area (Å²) in [5.41, 5.74) is 0.961. The summed E-state index contributed by atoms with van der Waals surface area (Å²) >= 11 is 0. The molecule has 1 fully saturated rings. The summed E-state index contributed by atoms with van der Waals surface area (Å²) in [6.45, 7) is 4.46. The Morgan fingerprint density at radius 2 is 2.29 bits per heavy atom. The molecule has 0 bridgehead atoms. The molecule has 1 unspecified atom stereocenters. The van der Waals surface area contributed by atoms with Crippen molar-refractivity contribution in [3.8, 4) is 0 Å². The molecule has 17 heavy (non-hydrogen) atoms. The molecule has 1 saturated heterocycles. The molecule has 6 nitrogen and oxygen atoms in total. The molecular formula is C10H17N3O3S. The minimum Gasteiger partial charge on any atom is -0.392 e. The second-order valence-electron chi connectivity index (χ2n) is 4.55. The fourth-order valence-electron chi connectivity index (χ4n) is 2.06. The lowest BCUT2D eigenvalue weighted by molar-refractivity contribution is 0.277.